The van der Waals surface area contributed by atoms with Gasteiger partial charge in [0.15, 0.2) is 0 Å². The molecular formula is C33H36Cl2F3N3O4S. The Labute approximate surface area is 277 Å². The molecule has 1 N–H and O–H groups in total. The van der Waals surface area contributed by atoms with Crippen LogP contribution in [0, 0.1) is 0 Å². The van der Waals surface area contributed by atoms with E-state index < -0.39 is 33.7 Å². The summed E-state index contributed by atoms with van der Waals surface area (Å²) in [4.78, 5) is 29.3. The van der Waals surface area contributed by atoms with Crippen molar-refractivity contribution in [3.05, 3.63) is 99.5 Å². The van der Waals surface area contributed by atoms with E-state index in [1.165, 1.54) is 11.0 Å². The SMILES string of the molecule is CS(=O)(=O)N(CCCC(=O)N(Cc1ccc(Cl)cc1Cl)C(Cc1ccccc1)C(=O)NC1CCCC1)c1cccc(C(F)(F)F)c1. The molecule has 7 nitrogen and oxygen atoms in total. The first kappa shape index (κ1) is 35.6. The number of hydrogen-bond donors (Lipinski definition) is 1. The molecule has 0 aromatic heterocycles. The fourth-order valence-corrected chi connectivity index (χ4v) is 7.02. The van der Waals surface area contributed by atoms with Crippen LogP contribution in [0.3, 0.4) is 0 Å². The number of nitrogens with zero attached hydrogens (tertiary/aromatic N) is 2. The number of sulfonamides is 1. The monoisotopic (exact) mass is 697 g/mol. The van der Waals surface area contributed by atoms with E-state index in [2.05, 4.69) is 5.32 Å². The van der Waals surface area contributed by atoms with E-state index in [4.69, 9.17) is 23.2 Å². The van der Waals surface area contributed by atoms with Crippen LogP contribution in [0.1, 0.15) is 55.2 Å². The van der Waals surface area contributed by atoms with Crippen molar-refractivity contribution >= 4 is 50.7 Å². The van der Waals surface area contributed by atoms with Gasteiger partial charge in [-0.1, -0.05) is 78.5 Å². The summed E-state index contributed by atoms with van der Waals surface area (Å²) in [7, 11) is -3.99. The van der Waals surface area contributed by atoms with E-state index in [1.54, 1.807) is 18.2 Å². The minimum atomic E-state index is -4.66. The summed E-state index contributed by atoms with van der Waals surface area (Å²) in [6.45, 7) is -0.271. The van der Waals surface area contributed by atoms with Gasteiger partial charge in [0, 0.05) is 42.0 Å². The maximum Gasteiger partial charge on any atom is 0.416 e. The second-order valence-corrected chi connectivity index (χ2v) is 14.2. The second-order valence-electron chi connectivity index (χ2n) is 11.4. The number of carbonyl (C=O) groups excluding carboxylic acids is 2. The number of alkyl halides is 3. The van der Waals surface area contributed by atoms with E-state index in [0.29, 0.717) is 15.6 Å². The van der Waals surface area contributed by atoms with Crippen LogP contribution < -0.4 is 9.62 Å². The van der Waals surface area contributed by atoms with Crippen molar-refractivity contribution in [1.82, 2.24) is 10.2 Å². The number of anilines is 1. The van der Waals surface area contributed by atoms with Crippen LogP contribution in [0.5, 0.6) is 0 Å². The van der Waals surface area contributed by atoms with Gasteiger partial charge in [0.25, 0.3) is 0 Å². The van der Waals surface area contributed by atoms with Gasteiger partial charge in [0.2, 0.25) is 21.8 Å². The third kappa shape index (κ3) is 9.86. The Bertz CT molecular complexity index is 1620. The molecule has 0 bridgehead atoms. The van der Waals surface area contributed by atoms with Crippen molar-refractivity contribution in [2.45, 2.75) is 69.8 Å². The highest BCUT2D eigenvalue weighted by Gasteiger charge is 2.34. The molecule has 1 aliphatic rings. The maximum atomic E-state index is 14.0. The van der Waals surface area contributed by atoms with Crippen LogP contribution in [0.2, 0.25) is 10.0 Å². The molecular weight excluding hydrogens is 662 g/mol. The molecule has 4 rings (SSSR count). The van der Waals surface area contributed by atoms with Crippen LogP contribution in [0.4, 0.5) is 18.9 Å². The molecule has 13 heteroatoms. The molecule has 0 saturated heterocycles. The second kappa shape index (κ2) is 15.5. The third-order valence-corrected chi connectivity index (χ3v) is 9.72. The van der Waals surface area contributed by atoms with Crippen LogP contribution in [0.15, 0.2) is 72.8 Å². The van der Waals surface area contributed by atoms with Crippen molar-refractivity contribution in [2.75, 3.05) is 17.1 Å². The molecule has 1 unspecified atom stereocenters. The fourth-order valence-electron chi connectivity index (χ4n) is 5.60. The van der Waals surface area contributed by atoms with Gasteiger partial charge in [-0.3, -0.25) is 13.9 Å². The smallest absolute Gasteiger partial charge is 0.352 e. The van der Waals surface area contributed by atoms with Gasteiger partial charge in [-0.25, -0.2) is 8.42 Å². The lowest BCUT2D eigenvalue weighted by atomic mass is 10.0. The number of benzene rings is 3. The lowest BCUT2D eigenvalue weighted by Gasteiger charge is -2.33. The largest absolute Gasteiger partial charge is 0.416 e. The number of rotatable bonds is 13. The first-order valence-electron chi connectivity index (χ1n) is 14.9. The van der Waals surface area contributed by atoms with Crippen molar-refractivity contribution in [2.24, 2.45) is 0 Å². The highest BCUT2D eigenvalue weighted by Crippen LogP contribution is 2.32. The Morgan fingerprint density at radius 3 is 2.30 bits per heavy atom. The first-order chi connectivity index (χ1) is 21.7. The summed E-state index contributed by atoms with van der Waals surface area (Å²) < 4.78 is 66.2. The quantitative estimate of drug-likeness (QED) is 0.204. The Morgan fingerprint density at radius 1 is 0.978 bits per heavy atom. The summed E-state index contributed by atoms with van der Waals surface area (Å²) in [6.07, 6.45) is -0.0581. The molecule has 0 spiro atoms. The summed E-state index contributed by atoms with van der Waals surface area (Å²) in [5, 5.41) is 3.83. The molecule has 1 aliphatic carbocycles. The highest BCUT2D eigenvalue weighted by atomic mass is 35.5. The average molecular weight is 699 g/mol. The standard InChI is InChI=1S/C33H36Cl2F3N3O4S/c1-46(44,45)41(28-14-7-11-25(20-28)33(36,37)38)18-8-15-31(42)40(22-24-16-17-26(34)21-29(24)35)30(19-23-9-3-2-4-10-23)32(43)39-27-12-5-6-13-27/h2-4,7,9-11,14,16-17,20-21,27,30H,5-6,8,12-13,15,18-19,22H2,1H3,(H,39,43). The molecule has 1 atom stereocenters. The van der Waals surface area contributed by atoms with Crippen LogP contribution in [-0.4, -0.2) is 50.0 Å². The molecule has 2 amide bonds. The summed E-state index contributed by atoms with van der Waals surface area (Å²) >= 11 is 12.6. The lowest BCUT2D eigenvalue weighted by molar-refractivity contribution is -0.141. The molecule has 1 fully saturated rings. The maximum absolute atomic E-state index is 14.0. The number of nitrogens with one attached hydrogen (secondary N) is 1. The molecule has 248 valence electrons. The number of amides is 2. The number of carbonyl (C=O) groups is 2. The van der Waals surface area contributed by atoms with E-state index >= 15 is 0 Å². The van der Waals surface area contributed by atoms with Gasteiger partial charge in [-0.2, -0.15) is 13.2 Å². The first-order valence-corrected chi connectivity index (χ1v) is 17.6. The van der Waals surface area contributed by atoms with Gasteiger partial charge in [-0.15, -0.1) is 0 Å². The van der Waals surface area contributed by atoms with Crippen LogP contribution >= 0.6 is 23.2 Å². The van der Waals surface area contributed by atoms with Crippen molar-refractivity contribution < 1.29 is 31.2 Å². The Morgan fingerprint density at radius 2 is 1.67 bits per heavy atom. The van der Waals surface area contributed by atoms with E-state index in [1.807, 2.05) is 30.3 Å². The molecule has 3 aromatic carbocycles. The van der Waals surface area contributed by atoms with Gasteiger partial charge in [-0.05, 0) is 60.7 Å². The van der Waals surface area contributed by atoms with Crippen LogP contribution in [-0.2, 0) is 38.8 Å². The third-order valence-electron chi connectivity index (χ3n) is 7.94. The average Bonchev–Trinajstić information content (AvgIpc) is 3.50. The zero-order valence-electron chi connectivity index (χ0n) is 25.3. The summed E-state index contributed by atoms with van der Waals surface area (Å²) in [5.74, 6) is -0.748. The molecule has 3 aromatic rings. The van der Waals surface area contributed by atoms with Crippen molar-refractivity contribution in [1.29, 1.82) is 0 Å². The fraction of sp³-hybridized carbons (Fsp3) is 0.394. The zero-order chi connectivity index (χ0) is 33.5. The topological polar surface area (TPSA) is 86.8 Å². The van der Waals surface area contributed by atoms with E-state index in [0.717, 1.165) is 60.0 Å². The van der Waals surface area contributed by atoms with E-state index in [9.17, 15) is 31.2 Å². The molecule has 46 heavy (non-hydrogen) atoms. The lowest BCUT2D eigenvalue weighted by Crippen LogP contribution is -2.52. The van der Waals surface area contributed by atoms with E-state index in [-0.39, 0.29) is 50.0 Å². The predicted octanol–water partition coefficient (Wildman–Crippen LogP) is 7.26. The van der Waals surface area contributed by atoms with Crippen LogP contribution in [0.25, 0.3) is 0 Å². The molecule has 1 saturated carbocycles. The van der Waals surface area contributed by atoms with Gasteiger partial charge < -0.3 is 10.2 Å². The molecule has 0 heterocycles. The molecule has 0 radical (unpaired) electrons. The van der Waals surface area contributed by atoms with Gasteiger partial charge >= 0.3 is 6.18 Å². The number of hydrogen-bond acceptors (Lipinski definition) is 4. The van der Waals surface area contributed by atoms with Gasteiger partial charge in [0.1, 0.15) is 6.04 Å². The minimum absolute atomic E-state index is 0.00220. The number of halogens is 5. The predicted molar refractivity (Wildman–Crippen MR) is 174 cm³/mol. The zero-order valence-corrected chi connectivity index (χ0v) is 27.6. The van der Waals surface area contributed by atoms with Crippen molar-refractivity contribution in [3.8, 4) is 0 Å². The summed E-state index contributed by atoms with van der Waals surface area (Å²) in [5.41, 5.74) is 0.250. The minimum Gasteiger partial charge on any atom is -0.352 e. The van der Waals surface area contributed by atoms with Crippen molar-refractivity contribution in [3.63, 3.8) is 0 Å². The van der Waals surface area contributed by atoms with Gasteiger partial charge in [0.05, 0.1) is 17.5 Å². The highest BCUT2D eigenvalue weighted by molar-refractivity contribution is 7.92. The normalized spacial score (nSPS) is 14.6. The molecule has 0 aliphatic heterocycles. The Hall–Kier alpha value is -3.28. The Kier molecular flexibility index (Phi) is 12.0. The summed E-state index contributed by atoms with van der Waals surface area (Å²) in [6, 6.07) is 17.2. The Balaban J connectivity index is 1.62.